The zero-order chi connectivity index (χ0) is 15.3. The van der Waals surface area contributed by atoms with Crippen molar-refractivity contribution in [3.05, 3.63) is 24.3 Å². The molecule has 0 unspecified atom stereocenters. The van der Waals surface area contributed by atoms with Crippen LogP contribution in [0, 0.1) is 5.92 Å². The summed E-state index contributed by atoms with van der Waals surface area (Å²) in [7, 11) is 0. The maximum absolute atomic E-state index is 13.1. The van der Waals surface area contributed by atoms with Crippen LogP contribution in [0.15, 0.2) is 24.3 Å². The molecular weight excluding hydrogens is 280 g/mol. The Hall–Kier alpha value is -2.04. The number of nitrogens with zero attached hydrogens (tertiary/aromatic N) is 2. The van der Waals surface area contributed by atoms with Crippen LogP contribution in [0.3, 0.4) is 0 Å². The first-order valence-electron chi connectivity index (χ1n) is 7.98. The van der Waals surface area contributed by atoms with Gasteiger partial charge >= 0.3 is 0 Å². The van der Waals surface area contributed by atoms with Gasteiger partial charge in [0.15, 0.2) is 0 Å². The highest BCUT2D eigenvalue weighted by Crippen LogP contribution is 2.39. The Bertz CT molecular complexity index is 626. The van der Waals surface area contributed by atoms with Gasteiger partial charge in [-0.1, -0.05) is 12.1 Å². The molecule has 0 spiro atoms. The zero-order valence-corrected chi connectivity index (χ0v) is 12.7. The fourth-order valence-electron chi connectivity index (χ4n) is 3.47. The van der Waals surface area contributed by atoms with Crippen LogP contribution in [0.25, 0.3) is 0 Å². The van der Waals surface area contributed by atoms with Gasteiger partial charge in [-0.15, -0.1) is 0 Å². The number of fused-ring (bicyclic) bond motifs is 3. The molecule has 22 heavy (non-hydrogen) atoms. The lowest BCUT2D eigenvalue weighted by Gasteiger charge is -2.31. The average molecular weight is 300 g/mol. The number of carbonyl (C=O) groups excluding carboxylic acids is 2. The Morgan fingerprint density at radius 1 is 1.32 bits per heavy atom. The molecule has 1 saturated heterocycles. The van der Waals surface area contributed by atoms with Crippen LogP contribution >= 0.6 is 0 Å². The van der Waals surface area contributed by atoms with Gasteiger partial charge in [-0.2, -0.15) is 0 Å². The molecule has 4 rings (SSSR count). The Labute approximate surface area is 129 Å². The van der Waals surface area contributed by atoms with Gasteiger partial charge in [-0.25, -0.2) is 0 Å². The van der Waals surface area contributed by atoms with Crippen molar-refractivity contribution in [2.45, 2.75) is 38.3 Å². The van der Waals surface area contributed by atoms with E-state index >= 15 is 0 Å². The predicted octanol–water partition coefficient (Wildman–Crippen LogP) is 1.81. The van der Waals surface area contributed by atoms with Gasteiger partial charge in [0.25, 0.3) is 0 Å². The molecule has 2 aliphatic heterocycles. The summed E-state index contributed by atoms with van der Waals surface area (Å²) in [6.45, 7) is 2.75. The maximum Gasteiger partial charge on any atom is 0.250 e. The van der Waals surface area contributed by atoms with Gasteiger partial charge in [0.2, 0.25) is 11.8 Å². The van der Waals surface area contributed by atoms with E-state index in [9.17, 15) is 9.59 Å². The fourth-order valence-corrected chi connectivity index (χ4v) is 3.47. The molecule has 1 aromatic rings. The number of para-hydroxylation sites is 2. The summed E-state index contributed by atoms with van der Waals surface area (Å²) in [5, 5.41) is 0. The molecule has 2 atom stereocenters. The number of carbonyl (C=O) groups is 2. The third-order valence-corrected chi connectivity index (χ3v) is 4.81. The topological polar surface area (TPSA) is 49.9 Å². The number of rotatable bonds is 2. The van der Waals surface area contributed by atoms with Gasteiger partial charge in [0.1, 0.15) is 17.9 Å². The van der Waals surface area contributed by atoms with E-state index in [-0.39, 0.29) is 24.0 Å². The first-order chi connectivity index (χ1) is 10.6. The van der Waals surface area contributed by atoms with Crippen LogP contribution in [-0.4, -0.2) is 41.9 Å². The quantitative estimate of drug-likeness (QED) is 0.837. The first-order valence-corrected chi connectivity index (χ1v) is 7.98. The van der Waals surface area contributed by atoms with E-state index in [1.54, 1.807) is 4.90 Å². The molecule has 1 aliphatic carbocycles. The highest BCUT2D eigenvalue weighted by Gasteiger charge is 2.44. The zero-order valence-electron chi connectivity index (χ0n) is 12.7. The van der Waals surface area contributed by atoms with Gasteiger partial charge in [-0.05, 0) is 30.9 Å². The molecule has 116 valence electrons. The standard InChI is InChI=1S/C17H20N2O3/c1-11(20)18-10-13-8-15(18)17(21)19(9-12-6-7-12)14-4-2-3-5-16(14)22-13/h2-5,12-13,15H,6-10H2,1H3/t13-,15-/m0/s1. The molecule has 0 aromatic heterocycles. The SMILES string of the molecule is CC(=O)N1C[C@@H]2C[C@H]1C(=O)N(CC1CC1)c1ccccc1O2. The second-order valence-electron chi connectivity index (χ2n) is 6.52. The minimum atomic E-state index is -0.380. The van der Waals surface area contributed by atoms with Crippen LogP contribution in [0.2, 0.25) is 0 Å². The number of hydrogen-bond donors (Lipinski definition) is 0. The predicted molar refractivity (Wildman–Crippen MR) is 81.7 cm³/mol. The van der Waals surface area contributed by atoms with Crippen LogP contribution in [0.1, 0.15) is 26.2 Å². The van der Waals surface area contributed by atoms with E-state index in [2.05, 4.69) is 0 Å². The average Bonchev–Trinajstić information content (AvgIpc) is 3.21. The number of benzene rings is 1. The van der Waals surface area contributed by atoms with Crippen molar-refractivity contribution in [2.24, 2.45) is 5.92 Å². The molecule has 2 fully saturated rings. The molecular formula is C17H20N2O3. The highest BCUT2D eigenvalue weighted by atomic mass is 16.5. The molecule has 0 radical (unpaired) electrons. The van der Waals surface area contributed by atoms with E-state index in [1.807, 2.05) is 29.2 Å². The minimum absolute atomic E-state index is 0.0420. The summed E-state index contributed by atoms with van der Waals surface area (Å²) < 4.78 is 6.10. The van der Waals surface area contributed by atoms with Crippen molar-refractivity contribution in [3.63, 3.8) is 0 Å². The third kappa shape index (κ3) is 2.25. The Balaban J connectivity index is 1.75. The van der Waals surface area contributed by atoms with Crippen molar-refractivity contribution >= 4 is 17.5 Å². The molecule has 2 heterocycles. The Morgan fingerprint density at radius 2 is 2.09 bits per heavy atom. The minimum Gasteiger partial charge on any atom is -0.486 e. The van der Waals surface area contributed by atoms with Crippen molar-refractivity contribution in [2.75, 3.05) is 18.0 Å². The lowest BCUT2D eigenvalue weighted by atomic mass is 10.1. The molecule has 2 bridgehead atoms. The molecule has 5 nitrogen and oxygen atoms in total. The van der Waals surface area contributed by atoms with Crippen molar-refractivity contribution in [1.82, 2.24) is 4.90 Å². The monoisotopic (exact) mass is 300 g/mol. The summed E-state index contributed by atoms with van der Waals surface area (Å²) in [5.41, 5.74) is 0.847. The maximum atomic E-state index is 13.1. The molecule has 2 amide bonds. The van der Waals surface area contributed by atoms with Crippen LogP contribution in [0.4, 0.5) is 5.69 Å². The molecule has 5 heteroatoms. The number of hydrogen-bond acceptors (Lipinski definition) is 3. The highest BCUT2D eigenvalue weighted by molar-refractivity contribution is 6.00. The molecule has 3 aliphatic rings. The lowest BCUT2D eigenvalue weighted by Crippen LogP contribution is -2.48. The van der Waals surface area contributed by atoms with Crippen LogP contribution in [0.5, 0.6) is 5.75 Å². The van der Waals surface area contributed by atoms with Gasteiger partial charge < -0.3 is 14.5 Å². The van der Waals surface area contributed by atoms with E-state index < -0.39 is 0 Å². The second kappa shape index (κ2) is 5.00. The van der Waals surface area contributed by atoms with Crippen molar-refractivity contribution in [1.29, 1.82) is 0 Å². The summed E-state index contributed by atoms with van der Waals surface area (Å²) in [6, 6.07) is 7.34. The van der Waals surface area contributed by atoms with Crippen molar-refractivity contribution < 1.29 is 14.3 Å². The normalized spacial score (nSPS) is 27.0. The van der Waals surface area contributed by atoms with Gasteiger partial charge in [-0.3, -0.25) is 9.59 Å². The van der Waals surface area contributed by atoms with E-state index in [4.69, 9.17) is 4.74 Å². The number of likely N-dealkylation sites (tertiary alicyclic amines) is 1. The number of ether oxygens (including phenoxy) is 1. The van der Waals surface area contributed by atoms with Gasteiger partial charge in [0, 0.05) is 19.9 Å². The fraction of sp³-hybridized carbons (Fsp3) is 0.529. The van der Waals surface area contributed by atoms with Crippen molar-refractivity contribution in [3.8, 4) is 5.75 Å². The van der Waals surface area contributed by atoms with Crippen LogP contribution < -0.4 is 9.64 Å². The smallest absolute Gasteiger partial charge is 0.250 e. The molecule has 1 saturated carbocycles. The number of amides is 2. The first kappa shape index (κ1) is 13.6. The summed E-state index contributed by atoms with van der Waals surface area (Å²) in [6.07, 6.45) is 2.85. The number of anilines is 1. The summed E-state index contributed by atoms with van der Waals surface area (Å²) >= 11 is 0. The van der Waals surface area contributed by atoms with Crippen LogP contribution in [-0.2, 0) is 9.59 Å². The third-order valence-electron chi connectivity index (χ3n) is 4.81. The van der Waals surface area contributed by atoms with Gasteiger partial charge in [0.05, 0.1) is 12.2 Å². The van der Waals surface area contributed by atoms with E-state index in [0.717, 1.165) is 18.0 Å². The summed E-state index contributed by atoms with van der Waals surface area (Å²) in [4.78, 5) is 28.5. The lowest BCUT2D eigenvalue weighted by molar-refractivity contribution is -0.135. The molecule has 1 aromatic carbocycles. The Morgan fingerprint density at radius 3 is 2.82 bits per heavy atom. The second-order valence-corrected chi connectivity index (χ2v) is 6.52. The largest absolute Gasteiger partial charge is 0.486 e. The van der Waals surface area contributed by atoms with E-state index in [0.29, 0.717) is 18.9 Å². The van der Waals surface area contributed by atoms with E-state index in [1.165, 1.54) is 19.8 Å². The summed E-state index contributed by atoms with van der Waals surface area (Å²) in [5.74, 6) is 1.33. The Kier molecular flexibility index (Phi) is 3.10. The molecule has 0 N–H and O–H groups in total.